The number of benzene rings is 1. The highest BCUT2D eigenvalue weighted by atomic mass is 127. The molecular weight excluding hydrogens is 418 g/mol. The molecule has 136 valence electrons. The van der Waals surface area contributed by atoms with Crippen molar-refractivity contribution in [2.45, 2.75) is 45.3 Å². The summed E-state index contributed by atoms with van der Waals surface area (Å²) < 4.78 is 13.3. The Labute approximate surface area is 162 Å². The fraction of sp³-hybridized carbons (Fsp3) is 0.611. The van der Waals surface area contributed by atoms with Gasteiger partial charge >= 0.3 is 0 Å². The number of halogens is 2. The molecule has 1 aliphatic rings. The molecule has 0 radical (unpaired) electrons. The van der Waals surface area contributed by atoms with Crippen LogP contribution >= 0.6 is 24.0 Å². The van der Waals surface area contributed by atoms with Gasteiger partial charge in [-0.05, 0) is 51.4 Å². The minimum atomic E-state index is -0.197. The first-order valence-electron chi connectivity index (χ1n) is 8.47. The molecule has 1 saturated carbocycles. The lowest BCUT2D eigenvalue weighted by Crippen LogP contribution is -2.40. The van der Waals surface area contributed by atoms with E-state index >= 15 is 0 Å². The fourth-order valence-corrected chi connectivity index (χ4v) is 2.64. The fourth-order valence-electron chi connectivity index (χ4n) is 2.64. The van der Waals surface area contributed by atoms with Crippen molar-refractivity contribution in [3.05, 3.63) is 35.6 Å². The van der Waals surface area contributed by atoms with Crippen LogP contribution in [-0.2, 0) is 6.54 Å². The number of likely N-dealkylation sites (N-methyl/N-ethyl adjacent to an activating group) is 1. The van der Waals surface area contributed by atoms with E-state index in [0.29, 0.717) is 12.6 Å². The highest BCUT2D eigenvalue weighted by molar-refractivity contribution is 14.0. The highest BCUT2D eigenvalue weighted by Gasteiger charge is 2.28. The van der Waals surface area contributed by atoms with E-state index in [1.165, 1.54) is 18.9 Å². The average molecular weight is 448 g/mol. The minimum absolute atomic E-state index is 0. The zero-order valence-corrected chi connectivity index (χ0v) is 17.5. The van der Waals surface area contributed by atoms with Crippen molar-refractivity contribution in [3.63, 3.8) is 0 Å². The summed E-state index contributed by atoms with van der Waals surface area (Å²) in [5, 5.41) is 3.32. The quantitative estimate of drug-likeness (QED) is 0.395. The predicted octanol–water partition coefficient (Wildman–Crippen LogP) is 3.32. The SMILES string of the molecule is CCNC(=NCC(C)N(C)C1CC1)N(C)Cc1cccc(F)c1.I. The van der Waals surface area contributed by atoms with Crippen LogP contribution in [0.3, 0.4) is 0 Å². The highest BCUT2D eigenvalue weighted by Crippen LogP contribution is 2.26. The van der Waals surface area contributed by atoms with Gasteiger partial charge < -0.3 is 10.2 Å². The minimum Gasteiger partial charge on any atom is -0.357 e. The third-order valence-electron chi connectivity index (χ3n) is 4.33. The van der Waals surface area contributed by atoms with Crippen LogP contribution in [-0.4, -0.2) is 55.0 Å². The summed E-state index contributed by atoms with van der Waals surface area (Å²) in [7, 11) is 4.17. The number of nitrogens with one attached hydrogen (secondary N) is 1. The summed E-state index contributed by atoms with van der Waals surface area (Å²) in [5.41, 5.74) is 0.946. The second-order valence-electron chi connectivity index (χ2n) is 6.43. The molecule has 2 rings (SSSR count). The van der Waals surface area contributed by atoms with E-state index in [4.69, 9.17) is 4.99 Å². The molecule has 1 N–H and O–H groups in total. The molecule has 1 unspecified atom stereocenters. The first-order chi connectivity index (χ1) is 11.0. The summed E-state index contributed by atoms with van der Waals surface area (Å²) in [6, 6.07) is 7.90. The van der Waals surface area contributed by atoms with Crippen LogP contribution in [0.25, 0.3) is 0 Å². The van der Waals surface area contributed by atoms with Crippen molar-refractivity contribution in [1.82, 2.24) is 15.1 Å². The standard InChI is InChI=1S/C18H29FN4.HI/c1-5-20-18(21-12-14(2)23(4)17-9-10-17)22(3)13-15-7-6-8-16(19)11-15;/h6-8,11,14,17H,5,9-10,12-13H2,1-4H3,(H,20,21);1H. The predicted molar refractivity (Wildman–Crippen MR) is 110 cm³/mol. The topological polar surface area (TPSA) is 30.9 Å². The Kier molecular flexibility index (Phi) is 8.97. The lowest BCUT2D eigenvalue weighted by molar-refractivity contribution is 0.252. The largest absolute Gasteiger partial charge is 0.357 e. The summed E-state index contributed by atoms with van der Waals surface area (Å²) in [6.45, 7) is 6.50. The van der Waals surface area contributed by atoms with Gasteiger partial charge in [-0.1, -0.05) is 12.1 Å². The van der Waals surface area contributed by atoms with Gasteiger partial charge in [0.05, 0.1) is 6.54 Å². The van der Waals surface area contributed by atoms with Crippen LogP contribution in [0.5, 0.6) is 0 Å². The molecule has 6 heteroatoms. The number of hydrogen-bond donors (Lipinski definition) is 1. The monoisotopic (exact) mass is 448 g/mol. The lowest BCUT2D eigenvalue weighted by Gasteiger charge is -2.25. The Hall–Kier alpha value is -0.890. The smallest absolute Gasteiger partial charge is 0.194 e. The van der Waals surface area contributed by atoms with Crippen molar-refractivity contribution in [1.29, 1.82) is 0 Å². The Morgan fingerprint density at radius 3 is 2.67 bits per heavy atom. The molecule has 0 aliphatic heterocycles. The van der Waals surface area contributed by atoms with E-state index in [1.807, 2.05) is 18.0 Å². The molecule has 1 fully saturated rings. The third-order valence-corrected chi connectivity index (χ3v) is 4.33. The van der Waals surface area contributed by atoms with E-state index in [1.54, 1.807) is 12.1 Å². The third kappa shape index (κ3) is 6.55. The Morgan fingerprint density at radius 2 is 2.08 bits per heavy atom. The molecule has 1 aromatic carbocycles. The zero-order valence-electron chi connectivity index (χ0n) is 15.1. The summed E-state index contributed by atoms with van der Waals surface area (Å²) >= 11 is 0. The van der Waals surface area contributed by atoms with Crippen molar-refractivity contribution >= 4 is 29.9 Å². The Balaban J connectivity index is 0.00000288. The number of nitrogens with zero attached hydrogens (tertiary/aromatic N) is 3. The van der Waals surface area contributed by atoms with Gasteiger partial charge in [0, 0.05) is 32.2 Å². The van der Waals surface area contributed by atoms with Gasteiger partial charge in [0.2, 0.25) is 0 Å². The van der Waals surface area contributed by atoms with Crippen molar-refractivity contribution < 1.29 is 4.39 Å². The van der Waals surface area contributed by atoms with E-state index in [2.05, 4.69) is 31.1 Å². The number of hydrogen-bond acceptors (Lipinski definition) is 2. The molecule has 24 heavy (non-hydrogen) atoms. The number of rotatable bonds is 7. The van der Waals surface area contributed by atoms with Crippen molar-refractivity contribution in [2.75, 3.05) is 27.2 Å². The lowest BCUT2D eigenvalue weighted by atomic mass is 10.2. The van der Waals surface area contributed by atoms with Gasteiger partial charge in [0.25, 0.3) is 0 Å². The van der Waals surface area contributed by atoms with Crippen LogP contribution in [0.2, 0.25) is 0 Å². The molecule has 0 saturated heterocycles. The van der Waals surface area contributed by atoms with Crippen LogP contribution in [0.4, 0.5) is 4.39 Å². The normalized spacial score (nSPS) is 15.8. The van der Waals surface area contributed by atoms with Crippen LogP contribution in [0.15, 0.2) is 29.3 Å². The molecule has 1 aliphatic carbocycles. The first-order valence-corrected chi connectivity index (χ1v) is 8.47. The van der Waals surface area contributed by atoms with E-state index in [0.717, 1.165) is 30.7 Å². The second kappa shape index (κ2) is 10.2. The van der Waals surface area contributed by atoms with Gasteiger partial charge in [-0.3, -0.25) is 9.89 Å². The van der Waals surface area contributed by atoms with Gasteiger partial charge in [-0.25, -0.2) is 4.39 Å². The zero-order chi connectivity index (χ0) is 16.8. The summed E-state index contributed by atoms with van der Waals surface area (Å²) in [5.74, 6) is 0.672. The first kappa shape index (κ1) is 21.2. The molecule has 0 heterocycles. The van der Waals surface area contributed by atoms with E-state index in [9.17, 15) is 4.39 Å². The Bertz CT molecular complexity index is 534. The number of aliphatic imine (C=N–C) groups is 1. The molecule has 0 aromatic heterocycles. The summed E-state index contributed by atoms with van der Waals surface area (Å²) in [6.07, 6.45) is 2.62. The molecule has 0 spiro atoms. The van der Waals surface area contributed by atoms with Gasteiger partial charge in [0.15, 0.2) is 5.96 Å². The van der Waals surface area contributed by atoms with E-state index in [-0.39, 0.29) is 29.8 Å². The molecule has 0 bridgehead atoms. The maximum absolute atomic E-state index is 13.3. The molecule has 1 aromatic rings. The Morgan fingerprint density at radius 1 is 1.38 bits per heavy atom. The van der Waals surface area contributed by atoms with Gasteiger partial charge in [-0.2, -0.15) is 0 Å². The van der Waals surface area contributed by atoms with Gasteiger partial charge in [-0.15, -0.1) is 24.0 Å². The van der Waals surface area contributed by atoms with Crippen LogP contribution in [0.1, 0.15) is 32.3 Å². The molecule has 4 nitrogen and oxygen atoms in total. The van der Waals surface area contributed by atoms with Crippen LogP contribution < -0.4 is 5.32 Å². The molecule has 1 atom stereocenters. The maximum Gasteiger partial charge on any atom is 0.194 e. The second-order valence-corrected chi connectivity index (χ2v) is 6.43. The van der Waals surface area contributed by atoms with Crippen LogP contribution in [0, 0.1) is 5.82 Å². The average Bonchev–Trinajstić information content (AvgIpc) is 3.35. The van der Waals surface area contributed by atoms with E-state index < -0.39 is 0 Å². The van der Waals surface area contributed by atoms with Crippen molar-refractivity contribution in [3.8, 4) is 0 Å². The summed E-state index contributed by atoms with van der Waals surface area (Å²) in [4.78, 5) is 9.22. The number of guanidine groups is 1. The maximum atomic E-state index is 13.3. The molecular formula is C18H30FIN4. The molecule has 0 amide bonds. The van der Waals surface area contributed by atoms with Crippen molar-refractivity contribution in [2.24, 2.45) is 4.99 Å². The van der Waals surface area contributed by atoms with Gasteiger partial charge in [0.1, 0.15) is 5.82 Å².